The zero-order valence-corrected chi connectivity index (χ0v) is 25.8. The molecule has 41 heavy (non-hydrogen) atoms. The lowest BCUT2D eigenvalue weighted by Crippen LogP contribution is -2.60. The van der Waals surface area contributed by atoms with Gasteiger partial charge in [-0.1, -0.05) is 34.6 Å². The summed E-state index contributed by atoms with van der Waals surface area (Å²) < 4.78 is 11.0. The van der Waals surface area contributed by atoms with Crippen LogP contribution in [0.4, 0.5) is 10.6 Å². The van der Waals surface area contributed by atoms with E-state index in [2.05, 4.69) is 10.3 Å². The predicted octanol–water partition coefficient (Wildman–Crippen LogP) is 5.18. The molecule has 0 aliphatic carbocycles. The molecule has 3 heterocycles. The van der Waals surface area contributed by atoms with Crippen molar-refractivity contribution in [3.8, 4) is 0 Å². The number of aliphatic carboxylic acids is 1. The Hall–Kier alpha value is -3.63. The number of rotatable bonds is 8. The zero-order valence-electron chi connectivity index (χ0n) is 25.8. The van der Waals surface area contributed by atoms with Crippen LogP contribution in [0.1, 0.15) is 90.7 Å². The van der Waals surface area contributed by atoms with Crippen LogP contribution in [0.15, 0.2) is 29.0 Å². The first-order valence-electron chi connectivity index (χ1n) is 14.1. The van der Waals surface area contributed by atoms with E-state index < -0.39 is 29.1 Å². The highest BCUT2D eigenvalue weighted by Crippen LogP contribution is 2.35. The van der Waals surface area contributed by atoms with E-state index in [-0.39, 0.29) is 42.3 Å². The summed E-state index contributed by atoms with van der Waals surface area (Å²) in [4.78, 5) is 52.2. The van der Waals surface area contributed by atoms with Gasteiger partial charge in [0.05, 0.1) is 24.3 Å². The summed E-state index contributed by atoms with van der Waals surface area (Å²) >= 11 is 0. The molecule has 2 aromatic rings. The van der Waals surface area contributed by atoms with E-state index in [0.29, 0.717) is 30.5 Å². The number of carbonyl (C=O) groups is 3. The summed E-state index contributed by atoms with van der Waals surface area (Å²) in [6, 6.07) is 3.03. The number of aromatic nitrogens is 2. The van der Waals surface area contributed by atoms with Crippen molar-refractivity contribution in [3.05, 3.63) is 41.7 Å². The number of piperidine rings is 1. The van der Waals surface area contributed by atoms with E-state index in [1.807, 2.05) is 40.7 Å². The molecule has 1 aliphatic heterocycles. The first-order valence-corrected chi connectivity index (χ1v) is 14.1. The van der Waals surface area contributed by atoms with Crippen molar-refractivity contribution in [2.24, 2.45) is 11.3 Å². The standard InChI is InChI=1S/C30H45N5O6/c1-19(2)16-35(20-13-30(9,26(37)38)18-34(17-20)27(39)41-29(6,7)8)24(36)22-15-32-25(28(3,4)5)33-23(22)31-14-21-11-10-12-40-21/h10-12,15,19-20H,13-14,16-18H2,1-9H3,(H,37,38)(H,31,32,33)/t20-,30+/m0/s1. The molecule has 0 spiro atoms. The minimum Gasteiger partial charge on any atom is -0.481 e. The maximum atomic E-state index is 14.3. The van der Waals surface area contributed by atoms with Crippen molar-refractivity contribution in [1.82, 2.24) is 19.8 Å². The Labute approximate surface area is 242 Å². The third kappa shape index (κ3) is 8.20. The van der Waals surface area contributed by atoms with Gasteiger partial charge < -0.3 is 29.4 Å². The molecular formula is C30H45N5O6. The summed E-state index contributed by atoms with van der Waals surface area (Å²) in [5.41, 5.74) is -2.13. The minimum atomic E-state index is -1.28. The highest BCUT2D eigenvalue weighted by Gasteiger charge is 2.47. The topological polar surface area (TPSA) is 138 Å². The van der Waals surface area contributed by atoms with Crippen LogP contribution in [0.25, 0.3) is 0 Å². The molecule has 0 unspecified atom stereocenters. The Bertz CT molecular complexity index is 1230. The van der Waals surface area contributed by atoms with Crippen molar-refractivity contribution in [3.63, 3.8) is 0 Å². The van der Waals surface area contributed by atoms with Crippen LogP contribution in [-0.2, 0) is 21.5 Å². The van der Waals surface area contributed by atoms with Crippen molar-refractivity contribution in [1.29, 1.82) is 0 Å². The maximum absolute atomic E-state index is 14.3. The molecule has 1 saturated heterocycles. The number of nitrogens with one attached hydrogen (secondary N) is 1. The molecule has 1 fully saturated rings. The Balaban J connectivity index is 2.03. The van der Waals surface area contributed by atoms with Gasteiger partial charge in [-0.05, 0) is 52.2 Å². The molecule has 0 bridgehead atoms. The summed E-state index contributed by atoms with van der Waals surface area (Å²) in [6.07, 6.45) is 2.67. The number of hydrogen-bond donors (Lipinski definition) is 2. The van der Waals surface area contributed by atoms with Gasteiger partial charge in [-0.15, -0.1) is 0 Å². The molecule has 2 aromatic heterocycles. The van der Waals surface area contributed by atoms with E-state index in [1.165, 1.54) is 11.1 Å². The third-order valence-corrected chi connectivity index (χ3v) is 6.79. The lowest BCUT2D eigenvalue weighted by Gasteiger charge is -2.46. The lowest BCUT2D eigenvalue weighted by atomic mass is 9.79. The van der Waals surface area contributed by atoms with Gasteiger partial charge in [0.2, 0.25) is 0 Å². The van der Waals surface area contributed by atoms with Crippen molar-refractivity contribution in [2.75, 3.05) is 25.0 Å². The number of hydrogen-bond acceptors (Lipinski definition) is 8. The van der Waals surface area contributed by atoms with Gasteiger partial charge in [-0.25, -0.2) is 14.8 Å². The number of ether oxygens (including phenoxy) is 1. The number of likely N-dealkylation sites (tertiary alicyclic amines) is 1. The van der Waals surface area contributed by atoms with Gasteiger partial charge in [0.15, 0.2) is 0 Å². The Morgan fingerprint density at radius 2 is 1.93 bits per heavy atom. The second-order valence-electron chi connectivity index (χ2n) is 13.6. The van der Waals surface area contributed by atoms with Gasteiger partial charge in [0, 0.05) is 31.2 Å². The molecule has 2 N–H and O–H groups in total. The molecule has 226 valence electrons. The highest BCUT2D eigenvalue weighted by atomic mass is 16.6. The van der Waals surface area contributed by atoms with E-state index in [4.69, 9.17) is 14.1 Å². The van der Waals surface area contributed by atoms with E-state index in [9.17, 15) is 19.5 Å². The third-order valence-electron chi connectivity index (χ3n) is 6.79. The average Bonchev–Trinajstić information content (AvgIpc) is 3.37. The number of nitrogens with zero attached hydrogens (tertiary/aromatic N) is 4. The average molecular weight is 572 g/mol. The van der Waals surface area contributed by atoms with Gasteiger partial charge in [0.25, 0.3) is 5.91 Å². The van der Waals surface area contributed by atoms with Crippen LogP contribution < -0.4 is 5.32 Å². The molecule has 0 aromatic carbocycles. The Kier molecular flexibility index (Phi) is 9.40. The molecule has 0 saturated carbocycles. The summed E-state index contributed by atoms with van der Waals surface area (Å²) in [5, 5.41) is 13.4. The summed E-state index contributed by atoms with van der Waals surface area (Å²) in [7, 11) is 0. The monoisotopic (exact) mass is 571 g/mol. The Morgan fingerprint density at radius 1 is 1.24 bits per heavy atom. The second kappa shape index (κ2) is 12.1. The maximum Gasteiger partial charge on any atom is 0.410 e. The lowest BCUT2D eigenvalue weighted by molar-refractivity contribution is -0.152. The second-order valence-corrected chi connectivity index (χ2v) is 13.6. The van der Waals surface area contributed by atoms with E-state index in [1.54, 1.807) is 44.9 Å². The first kappa shape index (κ1) is 31.9. The van der Waals surface area contributed by atoms with Gasteiger partial charge in [-0.3, -0.25) is 9.59 Å². The molecule has 2 atom stereocenters. The molecule has 1 aliphatic rings. The van der Waals surface area contributed by atoms with Crippen molar-refractivity contribution in [2.45, 2.75) is 92.3 Å². The van der Waals surface area contributed by atoms with Crippen molar-refractivity contribution >= 4 is 23.8 Å². The number of carboxylic acids is 1. The normalized spacial score (nSPS) is 19.7. The molecule has 3 rings (SSSR count). The molecule has 11 nitrogen and oxygen atoms in total. The fourth-order valence-corrected chi connectivity index (χ4v) is 4.78. The van der Waals surface area contributed by atoms with Gasteiger partial charge in [-0.2, -0.15) is 0 Å². The number of carboxylic acid groups (broad SMARTS) is 1. The number of carbonyl (C=O) groups excluding carboxylic acids is 2. The van der Waals surface area contributed by atoms with E-state index >= 15 is 0 Å². The van der Waals surface area contributed by atoms with Gasteiger partial charge >= 0.3 is 12.1 Å². The summed E-state index contributed by atoms with van der Waals surface area (Å²) in [6.45, 7) is 17.6. The minimum absolute atomic E-state index is 0.0171. The molecule has 11 heteroatoms. The van der Waals surface area contributed by atoms with Gasteiger partial charge in [0.1, 0.15) is 28.6 Å². The first-order chi connectivity index (χ1) is 18.9. The molecular weight excluding hydrogens is 526 g/mol. The van der Waals surface area contributed by atoms with Crippen LogP contribution in [0, 0.1) is 11.3 Å². The molecule has 2 amide bonds. The number of anilines is 1. The quantitative estimate of drug-likeness (QED) is 0.439. The van der Waals surface area contributed by atoms with Crippen LogP contribution in [-0.4, -0.2) is 74.1 Å². The van der Waals surface area contributed by atoms with Crippen LogP contribution in [0.5, 0.6) is 0 Å². The van der Waals surface area contributed by atoms with Crippen LogP contribution in [0.2, 0.25) is 0 Å². The fraction of sp³-hybridized carbons (Fsp3) is 0.633. The van der Waals surface area contributed by atoms with Crippen molar-refractivity contribution < 1.29 is 28.6 Å². The van der Waals surface area contributed by atoms with Crippen LogP contribution in [0.3, 0.4) is 0 Å². The smallest absolute Gasteiger partial charge is 0.410 e. The largest absolute Gasteiger partial charge is 0.481 e. The number of amides is 2. The summed E-state index contributed by atoms with van der Waals surface area (Å²) in [5.74, 6) is 0.299. The number of furan rings is 1. The fourth-order valence-electron chi connectivity index (χ4n) is 4.78. The SMILES string of the molecule is CC(C)CN(C(=O)c1cnc(C(C)(C)C)nc1NCc1ccco1)[C@@H]1CN(C(=O)OC(C)(C)C)C[C@](C)(C(=O)O)C1. The zero-order chi connectivity index (χ0) is 30.8. The van der Waals surface area contributed by atoms with Crippen LogP contribution >= 0.6 is 0 Å². The van der Waals surface area contributed by atoms with E-state index in [0.717, 1.165) is 0 Å². The highest BCUT2D eigenvalue weighted by molar-refractivity contribution is 5.98. The predicted molar refractivity (Wildman–Crippen MR) is 155 cm³/mol. The Morgan fingerprint density at radius 3 is 2.46 bits per heavy atom. The molecule has 0 radical (unpaired) electrons.